The van der Waals surface area contributed by atoms with Gasteiger partial charge in [-0.1, -0.05) is 0 Å². The first-order valence-corrected chi connectivity index (χ1v) is 5.71. The van der Waals surface area contributed by atoms with Gasteiger partial charge in [0.25, 0.3) is 0 Å². The van der Waals surface area contributed by atoms with Crippen LogP contribution in [0.15, 0.2) is 12.1 Å². The molecule has 1 rings (SSSR count). The Labute approximate surface area is 109 Å². The van der Waals surface area contributed by atoms with Gasteiger partial charge < -0.3 is 10.2 Å². The van der Waals surface area contributed by atoms with Crippen molar-refractivity contribution < 1.29 is 13.2 Å². The average molecular weight is 272 g/mol. The van der Waals surface area contributed by atoms with Crippen LogP contribution in [0.3, 0.4) is 0 Å². The van der Waals surface area contributed by atoms with Gasteiger partial charge in [0, 0.05) is 6.54 Å². The van der Waals surface area contributed by atoms with E-state index >= 15 is 0 Å². The maximum Gasteiger partial charge on any atom is 0.433 e. The monoisotopic (exact) mass is 272 g/mol. The third-order valence-electron chi connectivity index (χ3n) is 2.38. The molecule has 7 heteroatoms. The van der Waals surface area contributed by atoms with E-state index in [0.29, 0.717) is 6.54 Å². The maximum atomic E-state index is 12.5. The van der Waals surface area contributed by atoms with E-state index in [4.69, 9.17) is 5.26 Å². The zero-order valence-corrected chi connectivity index (χ0v) is 10.8. The summed E-state index contributed by atoms with van der Waals surface area (Å²) in [6.45, 7) is 1.26. The Hall–Kier alpha value is -1.81. The third kappa shape index (κ3) is 4.75. The minimum Gasteiger partial charge on any atom is -0.369 e. The first-order chi connectivity index (χ1) is 8.84. The topological polar surface area (TPSA) is 52.0 Å². The van der Waals surface area contributed by atoms with Crippen LogP contribution in [0, 0.1) is 11.3 Å². The molecular formula is C12H15F3N4. The lowest BCUT2D eigenvalue weighted by Crippen LogP contribution is -2.17. The summed E-state index contributed by atoms with van der Waals surface area (Å²) < 4.78 is 37.6. The number of rotatable bonds is 5. The van der Waals surface area contributed by atoms with Crippen LogP contribution in [0.2, 0.25) is 0 Å². The molecule has 0 aliphatic rings. The Balaban J connectivity index is 2.77. The summed E-state index contributed by atoms with van der Waals surface area (Å²) in [7, 11) is 3.81. The van der Waals surface area contributed by atoms with Crippen molar-refractivity contribution >= 4 is 5.82 Å². The van der Waals surface area contributed by atoms with E-state index in [1.54, 1.807) is 0 Å². The van der Waals surface area contributed by atoms with Crippen LogP contribution in [0.25, 0.3) is 0 Å². The number of aromatic nitrogens is 1. The first kappa shape index (κ1) is 15.2. The number of nitriles is 1. The molecule has 0 spiro atoms. The number of hydrogen-bond acceptors (Lipinski definition) is 4. The molecule has 0 aliphatic carbocycles. The second kappa shape index (κ2) is 6.38. The van der Waals surface area contributed by atoms with Crippen LogP contribution < -0.4 is 5.32 Å². The van der Waals surface area contributed by atoms with Gasteiger partial charge in [0.05, 0.1) is 5.56 Å². The van der Waals surface area contributed by atoms with Crippen LogP contribution in [0.1, 0.15) is 17.7 Å². The molecule has 0 unspecified atom stereocenters. The summed E-state index contributed by atoms with van der Waals surface area (Å²) in [6, 6.07) is 3.76. The molecule has 0 bridgehead atoms. The highest BCUT2D eigenvalue weighted by Gasteiger charge is 2.33. The molecule has 0 aliphatic heterocycles. The SMILES string of the molecule is CN(C)CCCNc1nc(C(F)(F)F)ccc1C#N. The van der Waals surface area contributed by atoms with Crippen molar-refractivity contribution in [3.05, 3.63) is 23.4 Å². The van der Waals surface area contributed by atoms with Crippen molar-refractivity contribution in [2.75, 3.05) is 32.5 Å². The van der Waals surface area contributed by atoms with Gasteiger partial charge in [0.1, 0.15) is 17.6 Å². The molecule has 0 atom stereocenters. The lowest BCUT2D eigenvalue weighted by Gasteiger charge is -2.12. The molecule has 0 fully saturated rings. The molecule has 1 heterocycles. The summed E-state index contributed by atoms with van der Waals surface area (Å²) in [4.78, 5) is 5.42. The summed E-state index contributed by atoms with van der Waals surface area (Å²) in [5.41, 5.74) is -0.889. The van der Waals surface area contributed by atoms with Gasteiger partial charge in [0.15, 0.2) is 0 Å². The highest BCUT2D eigenvalue weighted by atomic mass is 19.4. The van der Waals surface area contributed by atoms with Crippen molar-refractivity contribution in [2.45, 2.75) is 12.6 Å². The van der Waals surface area contributed by atoms with Gasteiger partial charge >= 0.3 is 6.18 Å². The van der Waals surface area contributed by atoms with E-state index in [0.717, 1.165) is 25.1 Å². The van der Waals surface area contributed by atoms with Gasteiger partial charge in [-0.15, -0.1) is 0 Å². The predicted octanol–water partition coefficient (Wildman–Crippen LogP) is 2.34. The van der Waals surface area contributed by atoms with Gasteiger partial charge in [-0.2, -0.15) is 18.4 Å². The van der Waals surface area contributed by atoms with Crippen LogP contribution in [0.5, 0.6) is 0 Å². The van der Waals surface area contributed by atoms with Crippen molar-refractivity contribution in [3.8, 4) is 6.07 Å². The van der Waals surface area contributed by atoms with E-state index in [1.807, 2.05) is 25.1 Å². The molecular weight excluding hydrogens is 257 g/mol. The van der Waals surface area contributed by atoms with Crippen LogP contribution in [-0.4, -0.2) is 37.1 Å². The zero-order chi connectivity index (χ0) is 14.5. The Kier molecular flexibility index (Phi) is 5.12. The summed E-state index contributed by atoms with van der Waals surface area (Å²) in [5.74, 6) is -0.0175. The van der Waals surface area contributed by atoms with Gasteiger partial charge in [-0.3, -0.25) is 0 Å². The van der Waals surface area contributed by atoms with Crippen LogP contribution in [0.4, 0.5) is 19.0 Å². The number of hydrogen-bond donors (Lipinski definition) is 1. The maximum absolute atomic E-state index is 12.5. The Morgan fingerprint density at radius 1 is 1.37 bits per heavy atom. The van der Waals surface area contributed by atoms with Crippen molar-refractivity contribution in [3.63, 3.8) is 0 Å². The lowest BCUT2D eigenvalue weighted by atomic mass is 10.2. The smallest absolute Gasteiger partial charge is 0.369 e. The highest BCUT2D eigenvalue weighted by molar-refractivity contribution is 5.52. The van der Waals surface area contributed by atoms with E-state index < -0.39 is 11.9 Å². The predicted molar refractivity (Wildman–Crippen MR) is 65.6 cm³/mol. The molecule has 0 saturated heterocycles. The average Bonchev–Trinajstić information content (AvgIpc) is 2.33. The normalized spacial score (nSPS) is 11.4. The Morgan fingerprint density at radius 2 is 2.05 bits per heavy atom. The van der Waals surface area contributed by atoms with Crippen LogP contribution >= 0.6 is 0 Å². The molecule has 104 valence electrons. The minimum atomic E-state index is -4.51. The number of pyridine rings is 1. The third-order valence-corrected chi connectivity index (χ3v) is 2.38. The molecule has 1 aromatic heterocycles. The number of anilines is 1. The summed E-state index contributed by atoms with van der Waals surface area (Å²) in [6.07, 6.45) is -3.76. The molecule has 0 radical (unpaired) electrons. The van der Waals surface area contributed by atoms with Gasteiger partial charge in [-0.25, -0.2) is 4.98 Å². The first-order valence-electron chi connectivity index (χ1n) is 5.71. The molecule has 1 N–H and O–H groups in total. The second-order valence-electron chi connectivity index (χ2n) is 4.29. The molecule has 1 aromatic rings. The van der Waals surface area contributed by atoms with E-state index in [2.05, 4.69) is 10.3 Å². The van der Waals surface area contributed by atoms with E-state index in [1.165, 1.54) is 0 Å². The lowest BCUT2D eigenvalue weighted by molar-refractivity contribution is -0.141. The Morgan fingerprint density at radius 3 is 2.58 bits per heavy atom. The fourth-order valence-corrected chi connectivity index (χ4v) is 1.44. The standard InChI is InChI=1S/C12H15F3N4/c1-19(2)7-3-6-17-11-9(8-16)4-5-10(18-11)12(13,14)15/h4-5H,3,6-7H2,1-2H3,(H,17,18). The van der Waals surface area contributed by atoms with Gasteiger partial charge in [-0.05, 0) is 39.2 Å². The Bertz CT molecular complexity index is 463. The highest BCUT2D eigenvalue weighted by Crippen LogP contribution is 2.29. The zero-order valence-electron chi connectivity index (χ0n) is 10.8. The fourth-order valence-electron chi connectivity index (χ4n) is 1.44. The number of nitrogens with one attached hydrogen (secondary N) is 1. The molecule has 0 amide bonds. The van der Waals surface area contributed by atoms with Gasteiger partial charge in [0.2, 0.25) is 0 Å². The molecule has 0 aromatic carbocycles. The largest absolute Gasteiger partial charge is 0.433 e. The minimum absolute atomic E-state index is 0.0175. The molecule has 4 nitrogen and oxygen atoms in total. The van der Waals surface area contributed by atoms with Crippen molar-refractivity contribution in [1.82, 2.24) is 9.88 Å². The summed E-state index contributed by atoms with van der Waals surface area (Å²) in [5, 5.41) is 11.6. The van der Waals surface area contributed by atoms with E-state index in [-0.39, 0.29) is 11.4 Å². The second-order valence-corrected chi connectivity index (χ2v) is 4.29. The fraction of sp³-hybridized carbons (Fsp3) is 0.500. The molecule has 0 saturated carbocycles. The van der Waals surface area contributed by atoms with Crippen molar-refractivity contribution in [1.29, 1.82) is 5.26 Å². The van der Waals surface area contributed by atoms with E-state index in [9.17, 15) is 13.2 Å². The summed E-state index contributed by atoms with van der Waals surface area (Å²) >= 11 is 0. The van der Waals surface area contributed by atoms with Crippen molar-refractivity contribution in [2.24, 2.45) is 0 Å². The molecule has 19 heavy (non-hydrogen) atoms. The quantitative estimate of drug-likeness (QED) is 0.836. The number of halogens is 3. The number of alkyl halides is 3. The number of nitrogens with zero attached hydrogens (tertiary/aromatic N) is 3. The van der Waals surface area contributed by atoms with Crippen LogP contribution in [-0.2, 0) is 6.18 Å².